The molecule has 1 fully saturated rings. The molecule has 158 valence electrons. The van der Waals surface area contributed by atoms with Gasteiger partial charge in [-0.15, -0.1) is 0 Å². The van der Waals surface area contributed by atoms with Crippen LogP contribution in [0.25, 0.3) is 11.4 Å². The summed E-state index contributed by atoms with van der Waals surface area (Å²) in [6, 6.07) is 10.1. The highest BCUT2D eigenvalue weighted by Gasteiger charge is 2.29. The number of benzene rings is 2. The van der Waals surface area contributed by atoms with Crippen LogP contribution in [-0.2, 0) is 16.6 Å². The fourth-order valence-electron chi connectivity index (χ4n) is 3.17. The van der Waals surface area contributed by atoms with E-state index in [1.807, 2.05) is 29.2 Å². The summed E-state index contributed by atoms with van der Waals surface area (Å²) in [7, 11) is -3.89. The maximum Gasteiger partial charge on any atom is 0.243 e. The molecule has 0 unspecified atom stereocenters. The molecule has 0 aliphatic carbocycles. The molecule has 1 aliphatic rings. The van der Waals surface area contributed by atoms with Crippen LogP contribution in [0.3, 0.4) is 0 Å². The molecule has 0 spiro atoms. The van der Waals surface area contributed by atoms with Gasteiger partial charge in [0.25, 0.3) is 0 Å². The minimum Gasteiger partial charge on any atom is -0.338 e. The molecule has 1 aromatic heterocycles. The van der Waals surface area contributed by atoms with Crippen LogP contribution < -0.4 is 0 Å². The molecule has 3 aromatic rings. The summed E-state index contributed by atoms with van der Waals surface area (Å²) in [6.45, 7) is 1.71. The average molecular weight is 499 g/mol. The molecule has 11 heteroatoms. The molecule has 1 saturated heterocycles. The fraction of sp³-hybridized carbons (Fsp3) is 0.263. The van der Waals surface area contributed by atoms with Crippen LogP contribution in [0.5, 0.6) is 0 Å². The SMILES string of the molecule is O=S(=O)(c1ccc(F)c(F)c1)N1CCN(Cc2nc(-c3cccc(Br)c3)no2)CC1. The van der Waals surface area contributed by atoms with Crippen LogP contribution in [0, 0.1) is 11.6 Å². The largest absolute Gasteiger partial charge is 0.338 e. The van der Waals surface area contributed by atoms with Crippen LogP contribution in [0.15, 0.2) is 56.4 Å². The summed E-state index contributed by atoms with van der Waals surface area (Å²) in [6.07, 6.45) is 0. The molecule has 1 aliphatic heterocycles. The zero-order valence-corrected chi connectivity index (χ0v) is 18.0. The van der Waals surface area contributed by atoms with Gasteiger partial charge < -0.3 is 4.52 Å². The van der Waals surface area contributed by atoms with Gasteiger partial charge in [0, 0.05) is 36.2 Å². The Morgan fingerprint density at radius 2 is 1.80 bits per heavy atom. The zero-order valence-electron chi connectivity index (χ0n) is 15.6. The Kier molecular flexibility index (Phi) is 5.96. The minimum atomic E-state index is -3.89. The number of piperazine rings is 1. The maximum absolute atomic E-state index is 13.4. The van der Waals surface area contributed by atoms with Crippen molar-refractivity contribution in [3.8, 4) is 11.4 Å². The van der Waals surface area contributed by atoms with Gasteiger partial charge in [0.15, 0.2) is 11.6 Å². The highest BCUT2D eigenvalue weighted by atomic mass is 79.9. The molecule has 30 heavy (non-hydrogen) atoms. The van der Waals surface area contributed by atoms with Crippen molar-refractivity contribution in [1.82, 2.24) is 19.3 Å². The van der Waals surface area contributed by atoms with Crippen LogP contribution in [0.4, 0.5) is 8.78 Å². The summed E-state index contributed by atoms with van der Waals surface area (Å²) < 4.78 is 59.4. The zero-order chi connectivity index (χ0) is 21.3. The van der Waals surface area contributed by atoms with Gasteiger partial charge in [0.05, 0.1) is 11.4 Å². The van der Waals surface area contributed by atoms with Crippen LogP contribution in [0.1, 0.15) is 5.89 Å². The molecule has 2 aromatic carbocycles. The first-order chi connectivity index (χ1) is 14.3. The van der Waals surface area contributed by atoms with Gasteiger partial charge in [0.2, 0.25) is 21.7 Å². The van der Waals surface area contributed by atoms with E-state index in [0.29, 0.717) is 37.4 Å². The van der Waals surface area contributed by atoms with E-state index in [-0.39, 0.29) is 18.0 Å². The second kappa shape index (κ2) is 8.50. The van der Waals surface area contributed by atoms with Gasteiger partial charge in [-0.3, -0.25) is 4.90 Å². The highest BCUT2D eigenvalue weighted by molar-refractivity contribution is 9.10. The first kappa shape index (κ1) is 21.0. The highest BCUT2D eigenvalue weighted by Crippen LogP contribution is 2.22. The molecule has 7 nitrogen and oxygen atoms in total. The van der Waals surface area contributed by atoms with Crippen molar-refractivity contribution in [3.05, 3.63) is 64.5 Å². The van der Waals surface area contributed by atoms with Crippen molar-refractivity contribution in [2.45, 2.75) is 11.4 Å². The molecule has 0 radical (unpaired) electrons. The van der Waals surface area contributed by atoms with Crippen LogP contribution >= 0.6 is 15.9 Å². The van der Waals surface area contributed by atoms with E-state index in [2.05, 4.69) is 26.1 Å². The van der Waals surface area contributed by atoms with Gasteiger partial charge in [-0.1, -0.05) is 33.2 Å². The second-order valence-electron chi connectivity index (χ2n) is 6.78. The van der Waals surface area contributed by atoms with Gasteiger partial charge in [0.1, 0.15) is 0 Å². The lowest BCUT2D eigenvalue weighted by Crippen LogP contribution is -2.48. The summed E-state index contributed by atoms with van der Waals surface area (Å²) >= 11 is 3.40. The molecule has 4 rings (SSSR count). The van der Waals surface area contributed by atoms with Gasteiger partial charge in [-0.05, 0) is 30.3 Å². The Morgan fingerprint density at radius 1 is 1.03 bits per heavy atom. The van der Waals surface area contributed by atoms with E-state index in [1.165, 1.54) is 4.31 Å². The number of aromatic nitrogens is 2. The van der Waals surface area contributed by atoms with Gasteiger partial charge in [-0.25, -0.2) is 17.2 Å². The lowest BCUT2D eigenvalue weighted by atomic mass is 10.2. The lowest BCUT2D eigenvalue weighted by Gasteiger charge is -2.33. The Morgan fingerprint density at radius 3 is 2.50 bits per heavy atom. The summed E-state index contributed by atoms with van der Waals surface area (Å²) in [5.41, 5.74) is 0.821. The Labute approximate surface area is 180 Å². The first-order valence-electron chi connectivity index (χ1n) is 9.09. The van der Waals surface area contributed by atoms with Gasteiger partial charge in [-0.2, -0.15) is 9.29 Å². The van der Waals surface area contributed by atoms with Crippen LogP contribution in [-0.4, -0.2) is 53.9 Å². The molecule has 0 bridgehead atoms. The second-order valence-corrected chi connectivity index (χ2v) is 9.63. The quantitative estimate of drug-likeness (QED) is 0.536. The number of rotatable bonds is 5. The van der Waals surface area contributed by atoms with E-state index in [1.54, 1.807) is 0 Å². The predicted octanol–water partition coefficient (Wildman–Crippen LogP) is 3.28. The van der Waals surface area contributed by atoms with Crippen molar-refractivity contribution in [2.24, 2.45) is 0 Å². The molecule has 0 N–H and O–H groups in total. The number of hydrogen-bond donors (Lipinski definition) is 0. The Bertz CT molecular complexity index is 1160. The molecule has 0 amide bonds. The van der Waals surface area contributed by atoms with E-state index < -0.39 is 21.7 Å². The minimum absolute atomic E-state index is 0.216. The van der Waals surface area contributed by atoms with Crippen molar-refractivity contribution in [3.63, 3.8) is 0 Å². The standard InChI is InChI=1S/C19H17BrF2N4O3S/c20-14-3-1-2-13(10-14)19-23-18(29-24-19)12-25-6-8-26(9-7-25)30(27,28)15-4-5-16(21)17(22)11-15/h1-5,10-11H,6-9,12H2. The Balaban J connectivity index is 1.38. The van der Waals surface area contributed by atoms with Crippen molar-refractivity contribution in [1.29, 1.82) is 0 Å². The van der Waals surface area contributed by atoms with E-state index >= 15 is 0 Å². The number of hydrogen-bond acceptors (Lipinski definition) is 6. The summed E-state index contributed by atoms with van der Waals surface area (Å²) in [5, 5.41) is 4.00. The fourth-order valence-corrected chi connectivity index (χ4v) is 5.00. The summed E-state index contributed by atoms with van der Waals surface area (Å²) in [4.78, 5) is 6.14. The number of sulfonamides is 1. The molecule has 0 saturated carbocycles. The predicted molar refractivity (Wildman–Crippen MR) is 108 cm³/mol. The van der Waals surface area contributed by atoms with Crippen LogP contribution in [0.2, 0.25) is 0 Å². The van der Waals surface area contributed by atoms with Crippen molar-refractivity contribution >= 4 is 26.0 Å². The lowest BCUT2D eigenvalue weighted by molar-refractivity contribution is 0.163. The van der Waals surface area contributed by atoms with E-state index in [0.717, 1.165) is 22.2 Å². The maximum atomic E-state index is 13.4. The van der Waals surface area contributed by atoms with E-state index in [9.17, 15) is 17.2 Å². The number of nitrogens with zero attached hydrogens (tertiary/aromatic N) is 4. The van der Waals surface area contributed by atoms with Crippen molar-refractivity contribution in [2.75, 3.05) is 26.2 Å². The monoisotopic (exact) mass is 498 g/mol. The summed E-state index contributed by atoms with van der Waals surface area (Å²) in [5.74, 6) is -1.36. The molecular weight excluding hydrogens is 482 g/mol. The molecule has 0 atom stereocenters. The molecular formula is C19H17BrF2N4O3S. The third-order valence-corrected chi connectivity index (χ3v) is 7.16. The topological polar surface area (TPSA) is 79.5 Å². The smallest absolute Gasteiger partial charge is 0.243 e. The van der Waals surface area contributed by atoms with Gasteiger partial charge >= 0.3 is 0 Å². The molecule has 2 heterocycles. The van der Waals surface area contributed by atoms with E-state index in [4.69, 9.17) is 4.52 Å². The van der Waals surface area contributed by atoms with Crippen molar-refractivity contribution < 1.29 is 21.7 Å². The normalized spacial score (nSPS) is 16.1. The number of halogens is 3. The Hall–Kier alpha value is -2.21. The third kappa shape index (κ3) is 4.43. The third-order valence-electron chi connectivity index (χ3n) is 4.77. The average Bonchev–Trinajstić information content (AvgIpc) is 3.19. The first-order valence-corrected chi connectivity index (χ1v) is 11.3.